The van der Waals surface area contributed by atoms with E-state index in [1.165, 1.54) is 0 Å². The minimum Gasteiger partial charge on any atom is -0.354 e. The second-order valence-electron chi connectivity index (χ2n) is 4.66. The lowest BCUT2D eigenvalue weighted by atomic mass is 9.84. The Balaban J connectivity index is 3.94. The molecular formula is C11H21NO2. The molecule has 0 fully saturated rings. The average molecular weight is 199 g/mol. The number of hydrogen-bond acceptors (Lipinski definition) is 2. The second kappa shape index (κ2) is 5.13. The molecule has 0 aromatic heterocycles. The molecule has 0 spiro atoms. The summed E-state index contributed by atoms with van der Waals surface area (Å²) in [5.41, 5.74) is -0.381. The number of Topliss-reactive ketones (excluding diaryl/α,β-unsaturated/α-hetero) is 1. The van der Waals surface area contributed by atoms with Crippen molar-refractivity contribution in [2.45, 2.75) is 53.5 Å². The number of ketones is 1. The lowest BCUT2D eigenvalue weighted by Crippen LogP contribution is -2.32. The maximum absolute atomic E-state index is 11.3. The van der Waals surface area contributed by atoms with Crippen LogP contribution in [-0.2, 0) is 9.59 Å². The van der Waals surface area contributed by atoms with Gasteiger partial charge in [0, 0.05) is 17.9 Å². The highest BCUT2D eigenvalue weighted by atomic mass is 16.1. The Morgan fingerprint density at radius 3 is 2.14 bits per heavy atom. The normalized spacial score (nSPS) is 11.6. The highest BCUT2D eigenvalue weighted by Crippen LogP contribution is 2.22. The highest BCUT2D eigenvalue weighted by Gasteiger charge is 2.24. The predicted octanol–water partition coefficient (Wildman–Crippen LogP) is 1.91. The summed E-state index contributed by atoms with van der Waals surface area (Å²) >= 11 is 0. The lowest BCUT2D eigenvalue weighted by Gasteiger charge is -2.20. The van der Waals surface area contributed by atoms with Crippen LogP contribution >= 0.6 is 0 Å². The van der Waals surface area contributed by atoms with Gasteiger partial charge in [-0.3, -0.25) is 9.59 Å². The van der Waals surface area contributed by atoms with E-state index < -0.39 is 0 Å². The van der Waals surface area contributed by atoms with Gasteiger partial charge < -0.3 is 5.32 Å². The summed E-state index contributed by atoms with van der Waals surface area (Å²) in [7, 11) is 0. The molecule has 0 saturated carbocycles. The smallest absolute Gasteiger partial charge is 0.220 e. The number of rotatable bonds is 5. The molecule has 0 heterocycles. The Bertz CT molecular complexity index is 219. The highest BCUT2D eigenvalue weighted by molar-refractivity contribution is 5.83. The summed E-state index contributed by atoms with van der Waals surface area (Å²) in [5.74, 6) is 0.157. The third kappa shape index (κ3) is 5.00. The van der Waals surface area contributed by atoms with Crippen molar-refractivity contribution in [2.24, 2.45) is 5.41 Å². The Kier molecular flexibility index (Phi) is 4.81. The zero-order valence-corrected chi connectivity index (χ0v) is 9.81. The monoisotopic (exact) mass is 199 g/mol. The van der Waals surface area contributed by atoms with E-state index in [0.717, 1.165) is 0 Å². The summed E-state index contributed by atoms with van der Waals surface area (Å²) in [5, 5.41) is 2.80. The first kappa shape index (κ1) is 13.1. The molecule has 0 bridgehead atoms. The molecule has 0 aromatic rings. The van der Waals surface area contributed by atoms with Crippen molar-refractivity contribution < 1.29 is 9.59 Å². The van der Waals surface area contributed by atoms with Crippen molar-refractivity contribution in [1.82, 2.24) is 5.32 Å². The molecule has 1 N–H and O–H groups in total. The van der Waals surface area contributed by atoms with Gasteiger partial charge in [0.05, 0.1) is 0 Å². The number of hydrogen-bond donors (Lipinski definition) is 1. The first-order valence-corrected chi connectivity index (χ1v) is 5.06. The molecule has 82 valence electrons. The minimum atomic E-state index is -0.381. The van der Waals surface area contributed by atoms with Gasteiger partial charge >= 0.3 is 0 Å². The molecule has 0 rings (SSSR count). The van der Waals surface area contributed by atoms with Crippen LogP contribution in [-0.4, -0.2) is 17.7 Å². The second-order valence-corrected chi connectivity index (χ2v) is 4.66. The average Bonchev–Trinajstić information content (AvgIpc) is 1.99. The van der Waals surface area contributed by atoms with Gasteiger partial charge in [-0.05, 0) is 27.2 Å². The van der Waals surface area contributed by atoms with Gasteiger partial charge in [0.1, 0.15) is 5.78 Å². The van der Waals surface area contributed by atoms with Crippen LogP contribution < -0.4 is 5.32 Å². The van der Waals surface area contributed by atoms with Crippen LogP contribution in [0.25, 0.3) is 0 Å². The molecule has 0 aliphatic rings. The molecule has 3 heteroatoms. The molecular weight excluding hydrogens is 178 g/mol. The van der Waals surface area contributed by atoms with Crippen molar-refractivity contribution in [3.63, 3.8) is 0 Å². The Labute approximate surface area is 86.3 Å². The fourth-order valence-corrected chi connectivity index (χ4v) is 0.996. The van der Waals surface area contributed by atoms with Gasteiger partial charge in [-0.2, -0.15) is 0 Å². The molecule has 0 radical (unpaired) electrons. The molecule has 0 aliphatic carbocycles. The number of amides is 1. The van der Waals surface area contributed by atoms with Gasteiger partial charge in [-0.25, -0.2) is 0 Å². The van der Waals surface area contributed by atoms with Gasteiger partial charge in [0.25, 0.3) is 0 Å². The molecule has 0 unspecified atom stereocenters. The third-order valence-electron chi connectivity index (χ3n) is 2.38. The maximum atomic E-state index is 11.3. The van der Waals surface area contributed by atoms with Gasteiger partial charge in [-0.1, -0.05) is 13.8 Å². The first-order valence-electron chi connectivity index (χ1n) is 5.06. The Hall–Kier alpha value is -0.860. The molecule has 0 saturated heterocycles. The van der Waals surface area contributed by atoms with Crippen molar-refractivity contribution in [3.05, 3.63) is 0 Å². The summed E-state index contributed by atoms with van der Waals surface area (Å²) in [6.07, 6.45) is 1.03. The molecule has 0 aromatic carbocycles. The van der Waals surface area contributed by atoms with E-state index in [9.17, 15) is 9.59 Å². The van der Waals surface area contributed by atoms with E-state index in [1.54, 1.807) is 6.92 Å². The van der Waals surface area contributed by atoms with E-state index in [-0.39, 0.29) is 23.1 Å². The van der Waals surface area contributed by atoms with Crippen LogP contribution in [0.15, 0.2) is 0 Å². The number of carbonyl (C=O) groups is 2. The topological polar surface area (TPSA) is 46.2 Å². The van der Waals surface area contributed by atoms with Crippen LogP contribution in [0.2, 0.25) is 0 Å². The van der Waals surface area contributed by atoms with Crippen LogP contribution in [0.5, 0.6) is 0 Å². The zero-order chi connectivity index (χ0) is 11.4. The Morgan fingerprint density at radius 1 is 1.29 bits per heavy atom. The van der Waals surface area contributed by atoms with Gasteiger partial charge in [0.15, 0.2) is 0 Å². The van der Waals surface area contributed by atoms with Crippen LogP contribution in [0.1, 0.15) is 47.5 Å². The molecule has 3 nitrogen and oxygen atoms in total. The number of nitrogens with one attached hydrogen (secondary N) is 1. The standard InChI is InChI=1S/C11H21NO2/c1-8(2)12-10(14)6-7-11(4,5)9(3)13/h8H,6-7H2,1-5H3,(H,12,14). The summed E-state index contributed by atoms with van der Waals surface area (Å²) in [4.78, 5) is 22.5. The quantitative estimate of drug-likeness (QED) is 0.735. The van der Waals surface area contributed by atoms with Gasteiger partial charge in [0.2, 0.25) is 5.91 Å². The predicted molar refractivity (Wildman–Crippen MR) is 57.0 cm³/mol. The molecule has 0 atom stereocenters. The summed E-state index contributed by atoms with van der Waals surface area (Å²) in [6.45, 7) is 9.17. The third-order valence-corrected chi connectivity index (χ3v) is 2.38. The van der Waals surface area contributed by atoms with Crippen molar-refractivity contribution in [1.29, 1.82) is 0 Å². The van der Waals surface area contributed by atoms with Crippen molar-refractivity contribution in [2.75, 3.05) is 0 Å². The summed E-state index contributed by atoms with van der Waals surface area (Å²) in [6, 6.07) is 0.169. The maximum Gasteiger partial charge on any atom is 0.220 e. The summed E-state index contributed by atoms with van der Waals surface area (Å²) < 4.78 is 0. The minimum absolute atomic E-state index is 0.0225. The van der Waals surface area contributed by atoms with Crippen LogP contribution in [0.4, 0.5) is 0 Å². The fraction of sp³-hybridized carbons (Fsp3) is 0.818. The van der Waals surface area contributed by atoms with Crippen molar-refractivity contribution in [3.8, 4) is 0 Å². The Morgan fingerprint density at radius 2 is 1.79 bits per heavy atom. The molecule has 0 aliphatic heterocycles. The van der Waals surface area contributed by atoms with Crippen molar-refractivity contribution >= 4 is 11.7 Å². The SMILES string of the molecule is CC(=O)C(C)(C)CCC(=O)NC(C)C. The molecule has 14 heavy (non-hydrogen) atoms. The number of carbonyl (C=O) groups excluding carboxylic acids is 2. The molecule has 1 amide bonds. The van der Waals surface area contributed by atoms with Crippen LogP contribution in [0, 0.1) is 5.41 Å². The zero-order valence-electron chi connectivity index (χ0n) is 9.81. The van der Waals surface area contributed by atoms with E-state index in [2.05, 4.69) is 5.32 Å². The van der Waals surface area contributed by atoms with E-state index in [0.29, 0.717) is 12.8 Å². The largest absolute Gasteiger partial charge is 0.354 e. The van der Waals surface area contributed by atoms with Gasteiger partial charge in [-0.15, -0.1) is 0 Å². The van der Waals surface area contributed by atoms with E-state index in [4.69, 9.17) is 0 Å². The van der Waals surface area contributed by atoms with E-state index >= 15 is 0 Å². The van der Waals surface area contributed by atoms with E-state index in [1.807, 2.05) is 27.7 Å². The first-order chi connectivity index (χ1) is 6.25. The lowest BCUT2D eigenvalue weighted by molar-refractivity contribution is -0.126. The van der Waals surface area contributed by atoms with Crippen LogP contribution in [0.3, 0.4) is 0 Å². The fourth-order valence-electron chi connectivity index (χ4n) is 0.996.